The van der Waals surface area contributed by atoms with E-state index in [-0.39, 0.29) is 30.8 Å². The zero-order chi connectivity index (χ0) is 32.3. The highest BCUT2D eigenvalue weighted by Gasteiger charge is 2.52. The lowest BCUT2D eigenvalue weighted by molar-refractivity contribution is -0.131. The third-order valence-corrected chi connectivity index (χ3v) is 10.4. The largest absolute Gasteiger partial charge is 0.374 e. The number of aromatic nitrogens is 3. The van der Waals surface area contributed by atoms with Crippen molar-refractivity contribution >= 4 is 23.3 Å². The number of benzene rings is 2. The van der Waals surface area contributed by atoms with Crippen LogP contribution in [0.4, 0.5) is 15.9 Å². The van der Waals surface area contributed by atoms with Gasteiger partial charge < -0.3 is 20.3 Å². The van der Waals surface area contributed by atoms with Crippen LogP contribution in [0.15, 0.2) is 67.0 Å². The van der Waals surface area contributed by atoms with E-state index < -0.39 is 17.6 Å². The minimum Gasteiger partial charge on any atom is -0.374 e. The Morgan fingerprint density at radius 3 is 2.55 bits per heavy atom. The van der Waals surface area contributed by atoms with E-state index in [0.29, 0.717) is 18.2 Å². The number of halogens is 1. The Hall–Kier alpha value is -4.57. The van der Waals surface area contributed by atoms with Crippen molar-refractivity contribution in [3.63, 3.8) is 0 Å². The zero-order valence-corrected chi connectivity index (χ0v) is 26.7. The summed E-state index contributed by atoms with van der Waals surface area (Å²) in [7, 11) is 1.90. The van der Waals surface area contributed by atoms with Gasteiger partial charge in [0, 0.05) is 37.0 Å². The molecule has 8 rings (SSSR count). The molecule has 4 aromatic rings. The maximum absolute atomic E-state index is 15.0. The molecule has 1 saturated carbocycles. The van der Waals surface area contributed by atoms with E-state index in [1.54, 1.807) is 0 Å². The molecule has 4 heterocycles. The van der Waals surface area contributed by atoms with E-state index in [2.05, 4.69) is 49.9 Å². The van der Waals surface area contributed by atoms with Gasteiger partial charge in [-0.15, -0.1) is 0 Å². The second-order valence-corrected chi connectivity index (χ2v) is 13.6. The van der Waals surface area contributed by atoms with E-state index in [1.165, 1.54) is 0 Å². The van der Waals surface area contributed by atoms with E-state index in [9.17, 15) is 14.0 Å². The minimum absolute atomic E-state index is 0.183. The van der Waals surface area contributed by atoms with Crippen LogP contribution in [-0.4, -0.2) is 63.6 Å². The fourth-order valence-corrected chi connectivity index (χ4v) is 7.65. The van der Waals surface area contributed by atoms with Crippen molar-refractivity contribution in [2.75, 3.05) is 23.4 Å². The molecule has 2 saturated heterocycles. The van der Waals surface area contributed by atoms with E-state index >= 15 is 0 Å². The molecular weight excluding hydrogens is 595 g/mol. The first-order chi connectivity index (χ1) is 22.8. The highest BCUT2D eigenvalue weighted by molar-refractivity contribution is 6.00. The van der Waals surface area contributed by atoms with E-state index in [1.807, 2.05) is 61.4 Å². The molecule has 2 aliphatic heterocycles. The molecule has 3 fully saturated rings. The molecule has 0 spiro atoms. The van der Waals surface area contributed by atoms with Crippen LogP contribution >= 0.6 is 0 Å². The molecule has 0 unspecified atom stereocenters. The number of pyridine rings is 1. The van der Waals surface area contributed by atoms with Gasteiger partial charge in [-0.2, -0.15) is 5.10 Å². The van der Waals surface area contributed by atoms with Crippen LogP contribution in [-0.2, 0) is 27.8 Å². The summed E-state index contributed by atoms with van der Waals surface area (Å²) in [6.45, 7) is 3.60. The molecule has 242 valence electrons. The molecule has 4 aliphatic rings. The van der Waals surface area contributed by atoms with Gasteiger partial charge in [0.15, 0.2) is 5.67 Å². The first-order valence-corrected chi connectivity index (χ1v) is 16.6. The fraction of sp³-hybridized carbons (Fsp3) is 0.405. The molecule has 2 aromatic heterocycles. The van der Waals surface area contributed by atoms with Crippen molar-refractivity contribution < 1.29 is 18.7 Å². The Balaban J connectivity index is 1.08. The Labute approximate surface area is 273 Å². The molecule has 47 heavy (non-hydrogen) atoms. The Morgan fingerprint density at radius 1 is 1.06 bits per heavy atom. The molecule has 4 atom stereocenters. The summed E-state index contributed by atoms with van der Waals surface area (Å²) in [5.74, 6) is -0.424. The number of nitrogens with one attached hydrogen (secondary N) is 2. The van der Waals surface area contributed by atoms with Crippen LogP contribution in [0.1, 0.15) is 54.7 Å². The highest BCUT2D eigenvalue weighted by Crippen LogP contribution is 2.42. The predicted molar refractivity (Wildman–Crippen MR) is 178 cm³/mol. The van der Waals surface area contributed by atoms with Crippen LogP contribution < -0.4 is 15.5 Å². The molecule has 10 heteroatoms. The van der Waals surface area contributed by atoms with Gasteiger partial charge >= 0.3 is 0 Å². The molecule has 2 N–H and O–H groups in total. The van der Waals surface area contributed by atoms with Crippen LogP contribution in [0, 0.1) is 6.92 Å². The summed E-state index contributed by atoms with van der Waals surface area (Å²) in [4.78, 5) is 34.2. The maximum atomic E-state index is 15.0. The number of amides is 2. The van der Waals surface area contributed by atoms with Crippen molar-refractivity contribution in [2.24, 2.45) is 7.05 Å². The summed E-state index contributed by atoms with van der Waals surface area (Å²) in [6.07, 6.45) is 7.80. The first kappa shape index (κ1) is 29.8. The number of hydrogen-bond donors (Lipinski definition) is 2. The third kappa shape index (κ3) is 5.58. The molecule has 9 nitrogen and oxygen atoms in total. The molecule has 2 aliphatic carbocycles. The van der Waals surface area contributed by atoms with Gasteiger partial charge in [0.1, 0.15) is 11.9 Å². The number of carbonyl (C=O) groups is 2. The van der Waals surface area contributed by atoms with Crippen LogP contribution in [0.5, 0.6) is 0 Å². The highest BCUT2D eigenvalue weighted by atomic mass is 19.1. The predicted octanol–water partition coefficient (Wildman–Crippen LogP) is 5.48. The fourth-order valence-electron chi connectivity index (χ4n) is 7.65. The molecule has 2 amide bonds. The smallest absolute Gasteiger partial charge is 0.258 e. The van der Waals surface area contributed by atoms with Crippen molar-refractivity contribution in [3.8, 4) is 22.4 Å². The summed E-state index contributed by atoms with van der Waals surface area (Å²) in [5.41, 5.74) is 5.99. The number of carbonyl (C=O) groups excluding carboxylic acids is 2. The number of hydrogen-bond acceptors (Lipinski definition) is 6. The number of rotatable bonds is 8. The zero-order valence-electron chi connectivity index (χ0n) is 26.7. The number of fused-ring (bicyclic) bond motifs is 3. The topological polar surface area (TPSA) is 101 Å². The monoisotopic (exact) mass is 634 g/mol. The van der Waals surface area contributed by atoms with Crippen LogP contribution in [0.3, 0.4) is 0 Å². The summed E-state index contributed by atoms with van der Waals surface area (Å²) in [6, 6.07) is 17.6. The average Bonchev–Trinajstić information content (AvgIpc) is 3.37. The Kier molecular flexibility index (Phi) is 7.35. The maximum Gasteiger partial charge on any atom is 0.258 e. The Morgan fingerprint density at radius 2 is 1.85 bits per heavy atom. The molecular formula is C37H39FN6O3. The average molecular weight is 635 g/mol. The summed E-state index contributed by atoms with van der Waals surface area (Å²) in [5, 5.41) is 10.2. The minimum atomic E-state index is -1.89. The van der Waals surface area contributed by atoms with E-state index in [4.69, 9.17) is 4.74 Å². The third-order valence-electron chi connectivity index (χ3n) is 10.4. The van der Waals surface area contributed by atoms with Gasteiger partial charge in [0.2, 0.25) is 5.91 Å². The summed E-state index contributed by atoms with van der Waals surface area (Å²) >= 11 is 0. The standard InChI is InChI=1S/C37H39FN6O3/c1-22-19-40-43(2)34(22)24-8-10-27(11-9-24)41-35(45)33(42-36(46)37(38)13-14-37)30-5-3-4-23-6-7-25(16-31(23)30)26-12-15-39-32(17-26)44-20-29-18-28(44)21-47-29/h6-12,15-17,19,28-30,33H,3-5,13-14,18,20-21H2,1-2H3,(H,41,45)(H,42,46)/t28-,29-,30-,33+/m1/s1. The summed E-state index contributed by atoms with van der Waals surface area (Å²) < 4.78 is 22.6. The lowest BCUT2D eigenvalue weighted by atomic mass is 9.77. The van der Waals surface area contributed by atoms with E-state index in [0.717, 1.165) is 77.3 Å². The van der Waals surface area contributed by atoms with Crippen molar-refractivity contribution in [1.29, 1.82) is 0 Å². The number of alkyl halides is 1. The van der Waals surface area contributed by atoms with Crippen molar-refractivity contribution in [1.82, 2.24) is 20.1 Å². The van der Waals surface area contributed by atoms with Gasteiger partial charge in [0.25, 0.3) is 5.91 Å². The van der Waals surface area contributed by atoms with Crippen molar-refractivity contribution in [3.05, 3.63) is 83.7 Å². The van der Waals surface area contributed by atoms with Gasteiger partial charge in [0.05, 0.1) is 30.6 Å². The number of morpholine rings is 1. The lowest BCUT2D eigenvalue weighted by Crippen LogP contribution is -2.51. The van der Waals surface area contributed by atoms with Gasteiger partial charge in [-0.1, -0.05) is 30.3 Å². The molecule has 2 aromatic carbocycles. The number of nitrogens with zero attached hydrogens (tertiary/aromatic N) is 4. The Bertz CT molecular complexity index is 1830. The SMILES string of the molecule is Cc1cnn(C)c1-c1ccc(NC(=O)[C@@H](NC(=O)C2(F)CC2)[C@@H]2CCCc3ccc(-c4ccnc(N5C[C@H]6C[C@@H]5CO6)c4)cc32)cc1. The lowest BCUT2D eigenvalue weighted by Gasteiger charge is -2.33. The second kappa shape index (κ2) is 11.6. The molecule has 2 bridgehead atoms. The molecule has 0 radical (unpaired) electrons. The second-order valence-electron chi connectivity index (χ2n) is 13.6. The normalized spacial score (nSPS) is 22.9. The van der Waals surface area contributed by atoms with Gasteiger partial charge in [-0.25, -0.2) is 9.37 Å². The number of aryl methyl sites for hydroxylation is 3. The van der Waals surface area contributed by atoms with Crippen molar-refractivity contribution in [2.45, 2.75) is 75.2 Å². The first-order valence-electron chi connectivity index (χ1n) is 16.6. The number of anilines is 2. The quantitative estimate of drug-likeness (QED) is 0.266. The number of ether oxygens (including phenoxy) is 1. The van der Waals surface area contributed by atoms with Crippen LogP contribution in [0.25, 0.3) is 22.4 Å². The van der Waals surface area contributed by atoms with Gasteiger partial charge in [-0.05, 0) is 97.5 Å². The van der Waals surface area contributed by atoms with Gasteiger partial charge in [-0.3, -0.25) is 14.3 Å². The van der Waals surface area contributed by atoms with Crippen LogP contribution in [0.2, 0.25) is 0 Å².